The molecule has 1 saturated heterocycles. The molecular formula is C22H34FN3O3. The average Bonchev–Trinajstić information content (AvgIpc) is 3.40. The van der Waals surface area contributed by atoms with Crippen molar-refractivity contribution in [3.8, 4) is 5.75 Å². The van der Waals surface area contributed by atoms with Crippen molar-refractivity contribution in [1.29, 1.82) is 0 Å². The Kier molecular flexibility index (Phi) is 8.55. The zero-order valence-corrected chi connectivity index (χ0v) is 17.6. The van der Waals surface area contributed by atoms with Crippen molar-refractivity contribution < 1.29 is 18.6 Å². The summed E-state index contributed by atoms with van der Waals surface area (Å²) >= 11 is 0. The first kappa shape index (κ1) is 21.8. The summed E-state index contributed by atoms with van der Waals surface area (Å²) in [6.45, 7) is 7.93. The van der Waals surface area contributed by atoms with Crippen molar-refractivity contribution in [3.05, 3.63) is 29.6 Å². The Labute approximate surface area is 173 Å². The van der Waals surface area contributed by atoms with E-state index in [1.54, 1.807) is 6.07 Å². The van der Waals surface area contributed by atoms with Gasteiger partial charge in [0.1, 0.15) is 0 Å². The fourth-order valence-corrected chi connectivity index (χ4v) is 3.22. The van der Waals surface area contributed by atoms with Gasteiger partial charge in [0, 0.05) is 13.2 Å². The summed E-state index contributed by atoms with van der Waals surface area (Å²) in [5.41, 5.74) is 0.849. The van der Waals surface area contributed by atoms with E-state index in [1.807, 2.05) is 19.9 Å². The fourth-order valence-electron chi connectivity index (χ4n) is 3.22. The maximum absolute atomic E-state index is 14.4. The topological polar surface area (TPSA) is 64.1 Å². The maximum Gasteiger partial charge on any atom is 0.191 e. The van der Waals surface area contributed by atoms with Crippen molar-refractivity contribution >= 4 is 5.96 Å². The van der Waals surface area contributed by atoms with Crippen LogP contribution in [0.3, 0.4) is 0 Å². The molecule has 2 atom stereocenters. The highest BCUT2D eigenvalue weighted by molar-refractivity contribution is 5.80. The molecule has 1 saturated carbocycles. The number of rotatable bonds is 11. The van der Waals surface area contributed by atoms with E-state index in [0.29, 0.717) is 44.0 Å². The molecule has 2 fully saturated rings. The lowest BCUT2D eigenvalue weighted by Crippen LogP contribution is -2.39. The van der Waals surface area contributed by atoms with Crippen LogP contribution in [0.15, 0.2) is 23.2 Å². The van der Waals surface area contributed by atoms with E-state index in [4.69, 9.17) is 14.2 Å². The molecule has 29 heavy (non-hydrogen) atoms. The third-order valence-corrected chi connectivity index (χ3v) is 5.16. The molecule has 2 N–H and O–H groups in total. The highest BCUT2D eigenvalue weighted by Crippen LogP contribution is 2.30. The van der Waals surface area contributed by atoms with Gasteiger partial charge in [0.15, 0.2) is 17.5 Å². The molecule has 1 aliphatic carbocycles. The third kappa shape index (κ3) is 7.48. The van der Waals surface area contributed by atoms with Gasteiger partial charge >= 0.3 is 0 Å². The summed E-state index contributed by atoms with van der Waals surface area (Å²) in [7, 11) is 0. The first-order chi connectivity index (χ1) is 14.2. The molecule has 1 aromatic carbocycles. The number of aliphatic imine (C=N–C) groups is 1. The summed E-state index contributed by atoms with van der Waals surface area (Å²) in [5.74, 6) is 1.30. The predicted molar refractivity (Wildman–Crippen MR) is 112 cm³/mol. The number of guanidine groups is 1. The van der Waals surface area contributed by atoms with Crippen LogP contribution in [0, 0.1) is 11.7 Å². The number of nitrogens with one attached hydrogen (secondary N) is 2. The second-order valence-corrected chi connectivity index (χ2v) is 7.78. The quantitative estimate of drug-likeness (QED) is 0.334. The van der Waals surface area contributed by atoms with Gasteiger partial charge in [-0.25, -0.2) is 4.39 Å². The van der Waals surface area contributed by atoms with Gasteiger partial charge in [0.2, 0.25) is 0 Å². The minimum atomic E-state index is -0.318. The van der Waals surface area contributed by atoms with Crippen molar-refractivity contribution in [2.45, 2.75) is 51.7 Å². The molecule has 1 heterocycles. The number of hydrogen-bond donors (Lipinski definition) is 2. The van der Waals surface area contributed by atoms with E-state index < -0.39 is 0 Å². The van der Waals surface area contributed by atoms with E-state index in [0.717, 1.165) is 31.6 Å². The van der Waals surface area contributed by atoms with E-state index in [1.165, 1.54) is 18.9 Å². The lowest BCUT2D eigenvalue weighted by Gasteiger charge is -2.19. The summed E-state index contributed by atoms with van der Waals surface area (Å²) in [5, 5.41) is 6.55. The van der Waals surface area contributed by atoms with Crippen LogP contribution in [0.2, 0.25) is 0 Å². The van der Waals surface area contributed by atoms with Crippen LogP contribution in [0.4, 0.5) is 4.39 Å². The van der Waals surface area contributed by atoms with Crippen LogP contribution in [0.25, 0.3) is 0 Å². The van der Waals surface area contributed by atoms with Crippen LogP contribution < -0.4 is 15.4 Å². The molecule has 0 amide bonds. The van der Waals surface area contributed by atoms with Crippen LogP contribution in [0.5, 0.6) is 5.75 Å². The van der Waals surface area contributed by atoms with Crippen molar-refractivity contribution in [2.75, 3.05) is 39.5 Å². The third-order valence-electron chi connectivity index (χ3n) is 5.16. The Morgan fingerprint density at radius 2 is 2.17 bits per heavy atom. The smallest absolute Gasteiger partial charge is 0.191 e. The molecule has 0 radical (unpaired) electrons. The standard InChI is InChI=1S/C22H34FN3O3/c1-3-24-22(25-10-12-27-15-19-5-4-11-28-19)26-16(2)18-8-9-21(20(23)13-18)29-14-17-6-7-17/h8-9,13,16-17,19H,3-7,10-12,14-15H2,1-2H3,(H2,24,25,26). The normalized spacial score (nSPS) is 20.5. The lowest BCUT2D eigenvalue weighted by atomic mass is 10.1. The number of benzene rings is 1. The van der Waals surface area contributed by atoms with Crippen LogP contribution in [0.1, 0.15) is 51.1 Å². The predicted octanol–water partition coefficient (Wildman–Crippen LogP) is 3.43. The van der Waals surface area contributed by atoms with Crippen molar-refractivity contribution in [1.82, 2.24) is 10.6 Å². The van der Waals surface area contributed by atoms with E-state index >= 15 is 0 Å². The molecule has 2 aliphatic rings. The van der Waals surface area contributed by atoms with Crippen molar-refractivity contribution in [3.63, 3.8) is 0 Å². The molecule has 162 valence electrons. The SMILES string of the molecule is CCNC(=NCCOCC1CCCO1)NC(C)c1ccc(OCC2CC2)c(F)c1. The first-order valence-corrected chi connectivity index (χ1v) is 10.8. The molecule has 2 unspecified atom stereocenters. The number of halogens is 1. The minimum absolute atomic E-state index is 0.0902. The molecule has 7 heteroatoms. The second kappa shape index (κ2) is 11.4. The van der Waals surface area contributed by atoms with Gasteiger partial charge in [-0.2, -0.15) is 0 Å². The van der Waals surface area contributed by atoms with Gasteiger partial charge in [-0.05, 0) is 63.1 Å². The first-order valence-electron chi connectivity index (χ1n) is 10.8. The highest BCUT2D eigenvalue weighted by Gasteiger charge is 2.22. The lowest BCUT2D eigenvalue weighted by molar-refractivity contribution is 0.0200. The minimum Gasteiger partial charge on any atom is -0.490 e. The van der Waals surface area contributed by atoms with Gasteiger partial charge in [-0.15, -0.1) is 0 Å². The van der Waals surface area contributed by atoms with E-state index in [2.05, 4.69) is 15.6 Å². The summed E-state index contributed by atoms with van der Waals surface area (Å²) in [6, 6.07) is 5.06. The molecule has 3 rings (SSSR count). The number of ether oxygens (including phenoxy) is 3. The Bertz CT molecular complexity index is 661. The largest absolute Gasteiger partial charge is 0.490 e. The number of hydrogen-bond acceptors (Lipinski definition) is 4. The van der Waals surface area contributed by atoms with E-state index in [9.17, 15) is 4.39 Å². The monoisotopic (exact) mass is 407 g/mol. The Morgan fingerprint density at radius 3 is 2.86 bits per heavy atom. The van der Waals surface area contributed by atoms with Crippen molar-refractivity contribution in [2.24, 2.45) is 10.9 Å². The summed E-state index contributed by atoms with van der Waals surface area (Å²) in [6.07, 6.45) is 4.80. The zero-order valence-electron chi connectivity index (χ0n) is 17.6. The van der Waals surface area contributed by atoms with Gasteiger partial charge in [0.25, 0.3) is 0 Å². The zero-order chi connectivity index (χ0) is 20.5. The molecular weight excluding hydrogens is 373 g/mol. The number of nitrogens with zero attached hydrogens (tertiary/aromatic N) is 1. The van der Waals surface area contributed by atoms with Crippen LogP contribution in [-0.2, 0) is 9.47 Å². The Morgan fingerprint density at radius 1 is 1.31 bits per heavy atom. The molecule has 0 aromatic heterocycles. The molecule has 6 nitrogen and oxygen atoms in total. The molecule has 0 spiro atoms. The molecule has 1 aliphatic heterocycles. The fraction of sp³-hybridized carbons (Fsp3) is 0.682. The summed E-state index contributed by atoms with van der Waals surface area (Å²) in [4.78, 5) is 4.55. The maximum atomic E-state index is 14.4. The van der Waals surface area contributed by atoms with Gasteiger partial charge < -0.3 is 24.8 Å². The van der Waals surface area contributed by atoms with Gasteiger partial charge in [-0.1, -0.05) is 6.07 Å². The van der Waals surface area contributed by atoms with Gasteiger partial charge in [0.05, 0.1) is 38.5 Å². The van der Waals surface area contributed by atoms with Gasteiger partial charge in [-0.3, -0.25) is 4.99 Å². The molecule has 0 bridgehead atoms. The summed E-state index contributed by atoms with van der Waals surface area (Å²) < 4.78 is 31.1. The second-order valence-electron chi connectivity index (χ2n) is 7.78. The van der Waals surface area contributed by atoms with Crippen LogP contribution >= 0.6 is 0 Å². The average molecular weight is 408 g/mol. The van der Waals surface area contributed by atoms with Crippen LogP contribution in [-0.4, -0.2) is 51.6 Å². The highest BCUT2D eigenvalue weighted by atomic mass is 19.1. The molecule has 1 aromatic rings. The Balaban J connectivity index is 1.45. The Hall–Kier alpha value is -1.86. The van der Waals surface area contributed by atoms with E-state index in [-0.39, 0.29) is 18.0 Å².